The molecule has 1 aromatic rings. The van der Waals surface area contributed by atoms with Gasteiger partial charge in [0.2, 0.25) is 0 Å². The van der Waals surface area contributed by atoms with Crippen molar-refractivity contribution in [1.29, 1.82) is 0 Å². The zero-order valence-electron chi connectivity index (χ0n) is 10.9. The Balaban J connectivity index is 2.91. The summed E-state index contributed by atoms with van der Waals surface area (Å²) in [7, 11) is -3.85. The van der Waals surface area contributed by atoms with Crippen molar-refractivity contribution in [1.82, 2.24) is 4.72 Å². The average Bonchev–Trinajstić information content (AvgIpc) is 2.27. The zero-order chi connectivity index (χ0) is 15.3. The molecular weight excluding hydrogens is 287 g/mol. The number of hydrogen-bond donors (Lipinski definition) is 3. The Morgan fingerprint density at radius 2 is 2.05 bits per heavy atom. The number of aliphatic carboxylic acids is 1. The van der Waals surface area contributed by atoms with Crippen molar-refractivity contribution in [2.45, 2.75) is 19.9 Å². The Labute approximate surface area is 116 Å². The van der Waals surface area contributed by atoms with Gasteiger partial charge in [-0.2, -0.15) is 13.1 Å². The molecule has 0 aliphatic carbocycles. The van der Waals surface area contributed by atoms with Crippen LogP contribution in [0.15, 0.2) is 24.3 Å². The number of benzene rings is 1. The van der Waals surface area contributed by atoms with E-state index < -0.39 is 22.0 Å². The lowest BCUT2D eigenvalue weighted by molar-refractivity contribution is -0.131. The molecule has 0 aliphatic rings. The molecule has 0 saturated heterocycles. The van der Waals surface area contributed by atoms with Crippen molar-refractivity contribution in [3.63, 3.8) is 0 Å². The van der Waals surface area contributed by atoms with Gasteiger partial charge in [-0.25, -0.2) is 9.18 Å². The van der Waals surface area contributed by atoms with E-state index >= 15 is 0 Å². The summed E-state index contributed by atoms with van der Waals surface area (Å²) in [6.07, 6.45) is 2.06. The molecule has 3 N–H and O–H groups in total. The molecule has 0 heterocycles. The third-order valence-corrected chi connectivity index (χ3v) is 3.32. The highest BCUT2D eigenvalue weighted by Crippen LogP contribution is 2.17. The smallest absolute Gasteiger partial charge is 0.328 e. The summed E-state index contributed by atoms with van der Waals surface area (Å²) < 4.78 is 41.2. The van der Waals surface area contributed by atoms with Crippen molar-refractivity contribution in [3.8, 4) is 0 Å². The van der Waals surface area contributed by atoms with Crippen LogP contribution >= 0.6 is 0 Å². The first-order chi connectivity index (χ1) is 9.19. The molecule has 0 saturated carbocycles. The van der Waals surface area contributed by atoms with Crippen molar-refractivity contribution in [2.24, 2.45) is 0 Å². The fraction of sp³-hybridized carbons (Fsp3) is 0.250. The Morgan fingerprint density at radius 1 is 1.40 bits per heavy atom. The minimum Gasteiger partial charge on any atom is -0.478 e. The van der Waals surface area contributed by atoms with Gasteiger partial charge in [-0.3, -0.25) is 4.72 Å². The maximum atomic E-state index is 13.7. The summed E-state index contributed by atoms with van der Waals surface area (Å²) in [6, 6.07) is 3.33. The zero-order valence-corrected chi connectivity index (χ0v) is 11.7. The number of anilines is 1. The molecule has 1 aromatic carbocycles. The lowest BCUT2D eigenvalue weighted by atomic mass is 10.2. The van der Waals surface area contributed by atoms with Gasteiger partial charge in [0.25, 0.3) is 10.2 Å². The van der Waals surface area contributed by atoms with E-state index in [4.69, 9.17) is 5.11 Å². The van der Waals surface area contributed by atoms with E-state index in [0.717, 1.165) is 12.1 Å². The number of carbonyl (C=O) groups is 1. The van der Waals surface area contributed by atoms with E-state index in [-0.39, 0.29) is 11.7 Å². The van der Waals surface area contributed by atoms with E-state index in [1.807, 2.05) is 0 Å². The van der Waals surface area contributed by atoms with Gasteiger partial charge in [-0.05, 0) is 37.6 Å². The maximum absolute atomic E-state index is 13.7. The van der Waals surface area contributed by atoms with Crippen molar-refractivity contribution in [3.05, 3.63) is 35.7 Å². The number of hydrogen-bond acceptors (Lipinski definition) is 3. The van der Waals surface area contributed by atoms with E-state index in [1.54, 1.807) is 13.8 Å². The molecule has 0 amide bonds. The SMILES string of the molecule is CC(C)NS(=O)(=O)Nc1ccc(/C=C/C(=O)O)cc1F. The molecule has 0 spiro atoms. The van der Waals surface area contributed by atoms with Gasteiger partial charge in [-0.15, -0.1) is 0 Å². The maximum Gasteiger partial charge on any atom is 0.328 e. The largest absolute Gasteiger partial charge is 0.478 e. The molecule has 0 radical (unpaired) electrons. The summed E-state index contributed by atoms with van der Waals surface area (Å²) in [4.78, 5) is 10.3. The minimum absolute atomic E-state index is 0.217. The highest BCUT2D eigenvalue weighted by Gasteiger charge is 2.13. The molecule has 8 heteroatoms. The van der Waals surface area contributed by atoms with E-state index in [2.05, 4.69) is 9.44 Å². The van der Waals surface area contributed by atoms with Gasteiger partial charge < -0.3 is 5.11 Å². The lowest BCUT2D eigenvalue weighted by Gasteiger charge is -2.12. The third-order valence-electron chi connectivity index (χ3n) is 2.05. The van der Waals surface area contributed by atoms with Crippen LogP contribution in [0.3, 0.4) is 0 Å². The molecule has 0 aromatic heterocycles. The van der Waals surface area contributed by atoms with Crippen molar-refractivity contribution in [2.75, 3.05) is 4.72 Å². The van der Waals surface area contributed by atoms with Crippen LogP contribution in [0.4, 0.5) is 10.1 Å². The van der Waals surface area contributed by atoms with Crippen LogP contribution < -0.4 is 9.44 Å². The Bertz CT molecular complexity index is 626. The van der Waals surface area contributed by atoms with Gasteiger partial charge in [0.15, 0.2) is 0 Å². The van der Waals surface area contributed by atoms with Crippen molar-refractivity contribution < 1.29 is 22.7 Å². The van der Waals surface area contributed by atoms with Crippen LogP contribution in [0.25, 0.3) is 6.08 Å². The summed E-state index contributed by atoms with van der Waals surface area (Å²) >= 11 is 0. The monoisotopic (exact) mass is 302 g/mol. The summed E-state index contributed by atoms with van der Waals surface area (Å²) in [6.45, 7) is 3.27. The molecule has 0 aliphatic heterocycles. The minimum atomic E-state index is -3.85. The first-order valence-electron chi connectivity index (χ1n) is 5.70. The van der Waals surface area contributed by atoms with E-state index in [1.165, 1.54) is 18.2 Å². The molecule has 0 fully saturated rings. The predicted octanol–water partition coefficient (Wildman–Crippen LogP) is 1.58. The molecule has 20 heavy (non-hydrogen) atoms. The predicted molar refractivity (Wildman–Crippen MR) is 73.9 cm³/mol. The van der Waals surface area contributed by atoms with Crippen LogP contribution in [-0.4, -0.2) is 25.5 Å². The molecule has 0 unspecified atom stereocenters. The van der Waals surface area contributed by atoms with Gasteiger partial charge >= 0.3 is 5.97 Å². The number of carboxylic acids is 1. The molecular formula is C12H15FN2O4S. The first kappa shape index (κ1) is 16.1. The quantitative estimate of drug-likeness (QED) is 0.695. The Hall–Kier alpha value is -1.93. The fourth-order valence-corrected chi connectivity index (χ4v) is 2.50. The normalized spacial score (nSPS) is 12.0. The average molecular weight is 302 g/mol. The summed E-state index contributed by atoms with van der Waals surface area (Å²) in [5, 5.41) is 8.45. The van der Waals surface area contributed by atoms with Crippen LogP contribution in [-0.2, 0) is 15.0 Å². The first-order valence-corrected chi connectivity index (χ1v) is 7.18. The van der Waals surface area contributed by atoms with Crippen LogP contribution in [0.1, 0.15) is 19.4 Å². The molecule has 0 bridgehead atoms. The summed E-state index contributed by atoms with van der Waals surface area (Å²) in [5.41, 5.74) is 0.0929. The molecule has 110 valence electrons. The highest BCUT2D eigenvalue weighted by atomic mass is 32.2. The Kier molecular flexibility index (Phi) is 5.23. The van der Waals surface area contributed by atoms with Crippen LogP contribution in [0.5, 0.6) is 0 Å². The van der Waals surface area contributed by atoms with Gasteiger partial charge in [-0.1, -0.05) is 6.07 Å². The second kappa shape index (κ2) is 6.49. The van der Waals surface area contributed by atoms with Crippen LogP contribution in [0, 0.1) is 5.82 Å². The standard InChI is InChI=1S/C12H15FN2O4S/c1-8(2)14-20(18,19)15-11-5-3-9(7-10(11)13)4-6-12(16)17/h3-8,14-15H,1-2H3,(H,16,17)/b6-4+. The van der Waals surface area contributed by atoms with E-state index in [0.29, 0.717) is 5.56 Å². The lowest BCUT2D eigenvalue weighted by Crippen LogP contribution is -2.35. The van der Waals surface area contributed by atoms with E-state index in [9.17, 15) is 17.6 Å². The van der Waals surface area contributed by atoms with Gasteiger partial charge in [0, 0.05) is 12.1 Å². The highest BCUT2D eigenvalue weighted by molar-refractivity contribution is 7.90. The van der Waals surface area contributed by atoms with Gasteiger partial charge in [0.1, 0.15) is 5.82 Å². The molecule has 6 nitrogen and oxygen atoms in total. The molecule has 0 atom stereocenters. The second-order valence-corrected chi connectivity index (χ2v) is 5.74. The van der Waals surface area contributed by atoms with Crippen molar-refractivity contribution >= 4 is 27.9 Å². The molecule has 1 rings (SSSR count). The Morgan fingerprint density at radius 3 is 2.55 bits per heavy atom. The summed E-state index contributed by atoms with van der Waals surface area (Å²) in [5.74, 6) is -1.96. The third kappa shape index (κ3) is 5.37. The topological polar surface area (TPSA) is 95.5 Å². The fourth-order valence-electron chi connectivity index (χ4n) is 1.37. The van der Waals surface area contributed by atoms with Crippen LogP contribution in [0.2, 0.25) is 0 Å². The number of carboxylic acid groups (broad SMARTS) is 1. The van der Waals surface area contributed by atoms with Gasteiger partial charge in [0.05, 0.1) is 5.69 Å². The number of nitrogens with one attached hydrogen (secondary N) is 2. The second-order valence-electron chi connectivity index (χ2n) is 4.29. The number of halogens is 1. The number of rotatable bonds is 6.